The Hall–Kier alpha value is -2.23. The maximum atomic E-state index is 13.0. The first-order valence-corrected chi connectivity index (χ1v) is 5.87. The van der Waals surface area contributed by atoms with Crippen LogP contribution < -0.4 is 5.43 Å². The molecule has 0 radical (unpaired) electrons. The lowest BCUT2D eigenvalue weighted by molar-refractivity contribution is 0.508. The second-order valence-corrected chi connectivity index (χ2v) is 4.36. The third kappa shape index (κ3) is 3.37. The molecule has 0 saturated heterocycles. The van der Waals surface area contributed by atoms with Crippen LogP contribution in [0.1, 0.15) is 16.7 Å². The monoisotopic (exact) mass is 260 g/mol. The number of hydrogen-bond donors (Lipinski definition) is 1. The smallest absolute Gasteiger partial charge is 0.159 e. The molecule has 0 aliphatic carbocycles. The molecule has 0 aromatic heterocycles. The Morgan fingerprint density at radius 3 is 2.47 bits per heavy atom. The van der Waals surface area contributed by atoms with E-state index < -0.39 is 11.6 Å². The second kappa shape index (κ2) is 5.61. The molecule has 0 spiro atoms. The lowest BCUT2D eigenvalue weighted by atomic mass is 10.1. The summed E-state index contributed by atoms with van der Waals surface area (Å²) in [6.07, 6.45) is 1.45. The predicted octanol–water partition coefficient (Wildman–Crippen LogP) is 4.03. The number of rotatable bonds is 3. The number of hydrazone groups is 1. The zero-order valence-electron chi connectivity index (χ0n) is 10.7. The Morgan fingerprint density at radius 2 is 1.79 bits per heavy atom. The number of aryl methyl sites for hydroxylation is 2. The quantitative estimate of drug-likeness (QED) is 0.654. The van der Waals surface area contributed by atoms with Crippen LogP contribution in [0.3, 0.4) is 0 Å². The van der Waals surface area contributed by atoms with Crippen molar-refractivity contribution in [2.45, 2.75) is 13.8 Å². The van der Waals surface area contributed by atoms with Crippen LogP contribution in [0.15, 0.2) is 41.5 Å². The van der Waals surface area contributed by atoms with Crippen LogP contribution in [-0.4, -0.2) is 6.21 Å². The van der Waals surface area contributed by atoms with Crippen molar-refractivity contribution in [3.63, 3.8) is 0 Å². The molecular weight excluding hydrogens is 246 g/mol. The minimum atomic E-state index is -0.879. The van der Waals surface area contributed by atoms with E-state index in [2.05, 4.69) is 10.5 Å². The number of halogens is 2. The van der Waals surface area contributed by atoms with Gasteiger partial charge in [0.1, 0.15) is 0 Å². The Labute approximate surface area is 110 Å². The number of hydrogen-bond acceptors (Lipinski definition) is 2. The lowest BCUT2D eigenvalue weighted by Crippen LogP contribution is -1.94. The van der Waals surface area contributed by atoms with Gasteiger partial charge in [-0.15, -0.1) is 0 Å². The van der Waals surface area contributed by atoms with Crippen molar-refractivity contribution in [1.29, 1.82) is 0 Å². The molecule has 0 bridgehead atoms. The molecular formula is C15H14F2N2. The third-order valence-electron chi connectivity index (χ3n) is 2.72. The average Bonchev–Trinajstić information content (AvgIpc) is 2.36. The van der Waals surface area contributed by atoms with Crippen LogP contribution in [0.5, 0.6) is 0 Å². The molecule has 0 saturated carbocycles. The van der Waals surface area contributed by atoms with E-state index >= 15 is 0 Å². The van der Waals surface area contributed by atoms with E-state index in [-0.39, 0.29) is 0 Å². The van der Waals surface area contributed by atoms with Gasteiger partial charge < -0.3 is 0 Å². The van der Waals surface area contributed by atoms with Crippen LogP contribution in [0, 0.1) is 25.5 Å². The Balaban J connectivity index is 2.09. The third-order valence-corrected chi connectivity index (χ3v) is 2.72. The van der Waals surface area contributed by atoms with Gasteiger partial charge in [0.25, 0.3) is 0 Å². The van der Waals surface area contributed by atoms with Gasteiger partial charge >= 0.3 is 0 Å². The van der Waals surface area contributed by atoms with Crippen molar-refractivity contribution in [3.8, 4) is 0 Å². The maximum absolute atomic E-state index is 13.0. The highest BCUT2D eigenvalue weighted by molar-refractivity contribution is 5.80. The molecule has 2 rings (SSSR count). The van der Waals surface area contributed by atoms with Gasteiger partial charge in [-0.05, 0) is 43.2 Å². The number of nitrogens with one attached hydrogen (secondary N) is 1. The van der Waals surface area contributed by atoms with E-state index in [1.54, 1.807) is 0 Å². The Morgan fingerprint density at radius 1 is 1.00 bits per heavy atom. The van der Waals surface area contributed by atoms with Gasteiger partial charge in [0, 0.05) is 0 Å². The highest BCUT2D eigenvalue weighted by Crippen LogP contribution is 2.15. The maximum Gasteiger partial charge on any atom is 0.159 e. The normalized spacial score (nSPS) is 10.9. The first-order valence-electron chi connectivity index (χ1n) is 5.87. The Kier molecular flexibility index (Phi) is 3.90. The summed E-state index contributed by atoms with van der Waals surface area (Å²) in [5.74, 6) is -1.74. The van der Waals surface area contributed by atoms with E-state index in [0.717, 1.165) is 23.4 Å². The molecule has 2 aromatic rings. The van der Waals surface area contributed by atoms with E-state index in [0.29, 0.717) is 5.56 Å². The molecule has 0 fully saturated rings. The number of benzene rings is 2. The first kappa shape index (κ1) is 13.2. The zero-order valence-corrected chi connectivity index (χ0v) is 10.7. The van der Waals surface area contributed by atoms with E-state index in [1.807, 2.05) is 32.0 Å². The minimum absolute atomic E-state index is 0.496. The summed E-state index contributed by atoms with van der Waals surface area (Å²) in [5.41, 5.74) is 6.50. The summed E-state index contributed by atoms with van der Waals surface area (Å²) in [7, 11) is 0. The second-order valence-electron chi connectivity index (χ2n) is 4.36. The molecule has 19 heavy (non-hydrogen) atoms. The SMILES string of the molecule is Cc1ccc(NN=Cc2ccc(F)c(F)c2)c(C)c1. The molecule has 0 aliphatic rings. The predicted molar refractivity (Wildman–Crippen MR) is 73.5 cm³/mol. The summed E-state index contributed by atoms with van der Waals surface area (Å²) in [5, 5.41) is 4.01. The van der Waals surface area contributed by atoms with Crippen LogP contribution in [-0.2, 0) is 0 Å². The van der Waals surface area contributed by atoms with Crippen LogP contribution in [0.25, 0.3) is 0 Å². The summed E-state index contributed by atoms with van der Waals surface area (Å²) in [4.78, 5) is 0. The van der Waals surface area contributed by atoms with Gasteiger partial charge in [-0.3, -0.25) is 5.43 Å². The van der Waals surface area contributed by atoms with E-state index in [9.17, 15) is 8.78 Å². The molecule has 2 aromatic carbocycles. The van der Waals surface area contributed by atoms with Crippen molar-refractivity contribution in [1.82, 2.24) is 0 Å². The molecule has 4 heteroatoms. The summed E-state index contributed by atoms with van der Waals surface area (Å²) >= 11 is 0. The number of anilines is 1. The first-order chi connectivity index (χ1) is 9.06. The fourth-order valence-corrected chi connectivity index (χ4v) is 1.71. The topological polar surface area (TPSA) is 24.4 Å². The van der Waals surface area contributed by atoms with E-state index in [4.69, 9.17) is 0 Å². The van der Waals surface area contributed by atoms with Crippen molar-refractivity contribution in [3.05, 3.63) is 64.7 Å². The van der Waals surface area contributed by atoms with Gasteiger partial charge in [0.05, 0.1) is 11.9 Å². The highest BCUT2D eigenvalue weighted by Gasteiger charge is 2.00. The van der Waals surface area contributed by atoms with Gasteiger partial charge in [-0.1, -0.05) is 23.8 Å². The van der Waals surface area contributed by atoms with Crippen molar-refractivity contribution in [2.75, 3.05) is 5.43 Å². The van der Waals surface area contributed by atoms with Crippen LogP contribution >= 0.6 is 0 Å². The molecule has 0 unspecified atom stereocenters. The van der Waals surface area contributed by atoms with Crippen molar-refractivity contribution < 1.29 is 8.78 Å². The standard InChI is InChI=1S/C15H14F2N2/c1-10-3-6-15(11(2)7-10)19-18-9-12-4-5-13(16)14(17)8-12/h3-9,19H,1-2H3. The molecule has 1 N–H and O–H groups in total. The summed E-state index contributed by atoms with van der Waals surface area (Å²) < 4.78 is 25.7. The Bertz CT molecular complexity index is 622. The van der Waals surface area contributed by atoms with Crippen molar-refractivity contribution in [2.24, 2.45) is 5.10 Å². The van der Waals surface area contributed by atoms with Gasteiger partial charge in [-0.2, -0.15) is 5.10 Å². The molecule has 0 aliphatic heterocycles. The van der Waals surface area contributed by atoms with Crippen LogP contribution in [0.4, 0.5) is 14.5 Å². The van der Waals surface area contributed by atoms with Gasteiger partial charge in [0.15, 0.2) is 11.6 Å². The zero-order chi connectivity index (χ0) is 13.8. The fourth-order valence-electron chi connectivity index (χ4n) is 1.71. The molecule has 2 nitrogen and oxygen atoms in total. The van der Waals surface area contributed by atoms with Crippen molar-refractivity contribution >= 4 is 11.9 Å². The average molecular weight is 260 g/mol. The van der Waals surface area contributed by atoms with Gasteiger partial charge in [-0.25, -0.2) is 8.78 Å². The fraction of sp³-hybridized carbons (Fsp3) is 0.133. The van der Waals surface area contributed by atoms with E-state index in [1.165, 1.54) is 17.8 Å². The highest BCUT2D eigenvalue weighted by atomic mass is 19.2. The summed E-state index contributed by atoms with van der Waals surface area (Å²) in [6, 6.07) is 9.58. The number of nitrogens with zero attached hydrogens (tertiary/aromatic N) is 1. The molecule has 0 atom stereocenters. The summed E-state index contributed by atoms with van der Waals surface area (Å²) in [6.45, 7) is 3.99. The largest absolute Gasteiger partial charge is 0.278 e. The molecule has 0 heterocycles. The lowest BCUT2D eigenvalue weighted by Gasteiger charge is -2.05. The van der Waals surface area contributed by atoms with Crippen LogP contribution in [0.2, 0.25) is 0 Å². The van der Waals surface area contributed by atoms with Gasteiger partial charge in [0.2, 0.25) is 0 Å². The molecule has 0 amide bonds. The minimum Gasteiger partial charge on any atom is -0.278 e. The molecule has 98 valence electrons.